The molecule has 1 N–H and O–H groups in total. The van der Waals surface area contributed by atoms with E-state index in [-0.39, 0.29) is 4.90 Å². The highest BCUT2D eigenvalue weighted by atomic mass is 32.2. The maximum Gasteiger partial charge on any atom is 0.318 e. The predicted octanol–water partition coefficient (Wildman–Crippen LogP) is 4.03. The Balaban J connectivity index is 1.69. The lowest BCUT2D eigenvalue weighted by atomic mass is 9.91. The zero-order valence-corrected chi connectivity index (χ0v) is 20.0. The summed E-state index contributed by atoms with van der Waals surface area (Å²) in [6.07, 6.45) is 0. The Kier molecular flexibility index (Phi) is 8.56. The van der Waals surface area contributed by atoms with Gasteiger partial charge in [-0.1, -0.05) is 80.6 Å². The number of sulfonamides is 1. The van der Waals surface area contributed by atoms with Gasteiger partial charge in [0.1, 0.15) is 5.92 Å². The van der Waals surface area contributed by atoms with Crippen LogP contribution in [-0.4, -0.2) is 44.3 Å². The van der Waals surface area contributed by atoms with Crippen LogP contribution in [0, 0.1) is 0 Å². The summed E-state index contributed by atoms with van der Waals surface area (Å²) < 4.78 is 32.1. The highest BCUT2D eigenvalue weighted by Crippen LogP contribution is 2.26. The monoisotopic (exact) mass is 480 g/mol. The van der Waals surface area contributed by atoms with Crippen molar-refractivity contribution in [2.45, 2.75) is 24.7 Å². The minimum absolute atomic E-state index is 0.0826. The summed E-state index contributed by atoms with van der Waals surface area (Å²) >= 11 is 0. The molecule has 0 aliphatic carbocycles. The Morgan fingerprint density at radius 3 is 1.94 bits per heavy atom. The summed E-state index contributed by atoms with van der Waals surface area (Å²) in [5.74, 6) is -1.78. The number of benzene rings is 3. The maximum atomic E-state index is 12.9. The van der Waals surface area contributed by atoms with Crippen molar-refractivity contribution < 1.29 is 22.7 Å². The van der Waals surface area contributed by atoms with Crippen molar-refractivity contribution in [2.75, 3.05) is 25.0 Å². The molecule has 0 fully saturated rings. The van der Waals surface area contributed by atoms with Gasteiger partial charge in [-0.15, -0.1) is 0 Å². The Bertz CT molecular complexity index is 1170. The van der Waals surface area contributed by atoms with E-state index in [1.165, 1.54) is 16.4 Å². The Morgan fingerprint density at radius 2 is 1.41 bits per heavy atom. The van der Waals surface area contributed by atoms with Crippen molar-refractivity contribution in [2.24, 2.45) is 0 Å². The van der Waals surface area contributed by atoms with Crippen molar-refractivity contribution in [3.05, 3.63) is 96.1 Å². The van der Waals surface area contributed by atoms with Gasteiger partial charge in [0.15, 0.2) is 6.61 Å². The van der Waals surface area contributed by atoms with Crippen LogP contribution >= 0.6 is 0 Å². The van der Waals surface area contributed by atoms with E-state index in [2.05, 4.69) is 5.32 Å². The summed E-state index contributed by atoms with van der Waals surface area (Å²) in [5, 5.41) is 2.60. The van der Waals surface area contributed by atoms with Crippen LogP contribution in [0.3, 0.4) is 0 Å². The molecule has 3 aromatic rings. The molecule has 3 rings (SSSR count). The molecule has 0 aliphatic heterocycles. The summed E-state index contributed by atoms with van der Waals surface area (Å²) in [5.41, 5.74) is 1.82. The van der Waals surface area contributed by atoms with Gasteiger partial charge < -0.3 is 10.1 Å². The molecule has 0 radical (unpaired) electrons. The fourth-order valence-corrected chi connectivity index (χ4v) is 5.12. The summed E-state index contributed by atoms with van der Waals surface area (Å²) in [6, 6.07) is 24.4. The van der Waals surface area contributed by atoms with Gasteiger partial charge >= 0.3 is 5.97 Å². The summed E-state index contributed by atoms with van der Waals surface area (Å²) in [7, 11) is -3.66. The van der Waals surface area contributed by atoms with Gasteiger partial charge in [-0.25, -0.2) is 8.42 Å². The summed E-state index contributed by atoms with van der Waals surface area (Å²) in [6.45, 7) is 3.71. The van der Waals surface area contributed by atoms with Gasteiger partial charge in [0.25, 0.3) is 5.91 Å². The zero-order valence-electron chi connectivity index (χ0n) is 19.2. The Hall–Kier alpha value is -3.49. The molecule has 0 saturated carbocycles. The molecule has 0 heterocycles. The average molecular weight is 481 g/mol. The number of esters is 1. The van der Waals surface area contributed by atoms with Gasteiger partial charge in [0.05, 0.1) is 4.90 Å². The highest BCUT2D eigenvalue weighted by Gasteiger charge is 2.25. The molecule has 8 heteroatoms. The minimum atomic E-state index is -3.66. The molecular weight excluding hydrogens is 452 g/mol. The lowest BCUT2D eigenvalue weighted by Gasteiger charge is -2.19. The third-order valence-electron chi connectivity index (χ3n) is 5.31. The molecule has 34 heavy (non-hydrogen) atoms. The van der Waals surface area contributed by atoms with Crippen LogP contribution in [0.4, 0.5) is 5.69 Å². The molecular formula is C26H28N2O5S. The van der Waals surface area contributed by atoms with Crippen molar-refractivity contribution in [3.63, 3.8) is 0 Å². The Morgan fingerprint density at radius 1 is 0.853 bits per heavy atom. The van der Waals surface area contributed by atoms with Crippen molar-refractivity contribution in [3.8, 4) is 0 Å². The van der Waals surface area contributed by atoms with E-state index in [1.807, 2.05) is 60.7 Å². The highest BCUT2D eigenvalue weighted by molar-refractivity contribution is 7.89. The number of carbonyl (C=O) groups is 2. The van der Waals surface area contributed by atoms with Gasteiger partial charge in [-0.05, 0) is 29.3 Å². The minimum Gasteiger partial charge on any atom is -0.455 e. The van der Waals surface area contributed by atoms with Gasteiger partial charge in [0.2, 0.25) is 10.0 Å². The number of hydrogen-bond acceptors (Lipinski definition) is 5. The second-order valence-electron chi connectivity index (χ2n) is 7.53. The third-order valence-corrected chi connectivity index (χ3v) is 7.35. The molecule has 0 spiro atoms. The fourth-order valence-electron chi connectivity index (χ4n) is 3.62. The molecule has 0 bridgehead atoms. The number of ether oxygens (including phenoxy) is 1. The van der Waals surface area contributed by atoms with Crippen LogP contribution in [0.1, 0.15) is 30.9 Å². The number of anilines is 1. The van der Waals surface area contributed by atoms with Crippen LogP contribution in [0.5, 0.6) is 0 Å². The first-order chi connectivity index (χ1) is 16.4. The number of nitrogens with zero attached hydrogens (tertiary/aromatic N) is 1. The van der Waals surface area contributed by atoms with E-state index in [0.29, 0.717) is 18.8 Å². The fraction of sp³-hybridized carbons (Fsp3) is 0.231. The SMILES string of the molecule is CCN(CC)S(=O)(=O)c1cccc(NC(=O)COC(=O)C(c2ccccc2)c2ccccc2)c1. The second kappa shape index (κ2) is 11.6. The Labute approximate surface area is 200 Å². The van der Waals surface area contributed by atoms with Gasteiger partial charge in [-0.2, -0.15) is 4.31 Å². The average Bonchev–Trinajstić information content (AvgIpc) is 2.85. The molecule has 1 amide bonds. The largest absolute Gasteiger partial charge is 0.455 e. The normalized spacial score (nSPS) is 11.4. The van der Waals surface area contributed by atoms with E-state index in [0.717, 1.165) is 11.1 Å². The van der Waals surface area contributed by atoms with E-state index in [4.69, 9.17) is 4.74 Å². The van der Waals surface area contributed by atoms with Crippen molar-refractivity contribution >= 4 is 27.6 Å². The quantitative estimate of drug-likeness (QED) is 0.442. The number of rotatable bonds is 10. The number of hydrogen-bond donors (Lipinski definition) is 1. The van der Waals surface area contributed by atoms with E-state index < -0.39 is 34.4 Å². The zero-order chi connectivity index (χ0) is 24.6. The smallest absolute Gasteiger partial charge is 0.318 e. The first kappa shape index (κ1) is 25.1. The van der Waals surface area contributed by atoms with Crippen molar-refractivity contribution in [1.82, 2.24) is 4.31 Å². The second-order valence-corrected chi connectivity index (χ2v) is 9.47. The van der Waals surface area contributed by atoms with E-state index in [1.54, 1.807) is 26.0 Å². The first-order valence-electron chi connectivity index (χ1n) is 11.0. The number of amides is 1. The van der Waals surface area contributed by atoms with E-state index in [9.17, 15) is 18.0 Å². The van der Waals surface area contributed by atoms with E-state index >= 15 is 0 Å². The lowest BCUT2D eigenvalue weighted by Crippen LogP contribution is -2.30. The molecule has 0 atom stereocenters. The van der Waals surface area contributed by atoms with Gasteiger partial charge in [0, 0.05) is 18.8 Å². The lowest BCUT2D eigenvalue weighted by molar-refractivity contribution is -0.147. The van der Waals surface area contributed by atoms with Crippen LogP contribution < -0.4 is 5.32 Å². The first-order valence-corrected chi connectivity index (χ1v) is 12.5. The van der Waals surface area contributed by atoms with Crippen LogP contribution in [0.15, 0.2) is 89.8 Å². The van der Waals surface area contributed by atoms with Crippen LogP contribution in [0.2, 0.25) is 0 Å². The van der Waals surface area contributed by atoms with Crippen LogP contribution in [0.25, 0.3) is 0 Å². The topological polar surface area (TPSA) is 92.8 Å². The van der Waals surface area contributed by atoms with Crippen LogP contribution in [-0.2, 0) is 24.3 Å². The molecule has 0 aliphatic rings. The molecule has 0 saturated heterocycles. The third kappa shape index (κ3) is 6.09. The maximum absolute atomic E-state index is 12.9. The number of nitrogens with one attached hydrogen (secondary N) is 1. The van der Waals surface area contributed by atoms with Gasteiger partial charge in [-0.3, -0.25) is 9.59 Å². The number of carbonyl (C=O) groups excluding carboxylic acids is 2. The molecule has 0 aromatic heterocycles. The standard InChI is InChI=1S/C26H28N2O5S/c1-3-28(4-2)34(31,32)23-17-11-16-22(18-23)27-24(29)19-33-26(30)25(20-12-7-5-8-13-20)21-14-9-6-10-15-21/h5-18,25H,3-4,19H2,1-2H3,(H,27,29). The molecule has 7 nitrogen and oxygen atoms in total. The molecule has 178 valence electrons. The summed E-state index contributed by atoms with van der Waals surface area (Å²) in [4.78, 5) is 25.5. The van der Waals surface area contributed by atoms with Crippen molar-refractivity contribution in [1.29, 1.82) is 0 Å². The molecule has 3 aromatic carbocycles. The molecule has 0 unspecified atom stereocenters. The predicted molar refractivity (Wildman–Crippen MR) is 131 cm³/mol.